The minimum Gasteiger partial charge on any atom is -0.399 e. The highest BCUT2D eigenvalue weighted by molar-refractivity contribution is 5.55. The van der Waals surface area contributed by atoms with Gasteiger partial charge in [0.25, 0.3) is 0 Å². The van der Waals surface area contributed by atoms with Gasteiger partial charge in [-0.2, -0.15) is 0 Å². The first-order chi connectivity index (χ1) is 10.2. The molecule has 0 amide bonds. The molecule has 0 spiro atoms. The number of para-hydroxylation sites is 1. The lowest BCUT2D eigenvalue weighted by Crippen LogP contribution is -2.29. The highest BCUT2D eigenvalue weighted by Crippen LogP contribution is 2.28. The second-order valence-corrected chi connectivity index (χ2v) is 5.72. The summed E-state index contributed by atoms with van der Waals surface area (Å²) >= 11 is 0. The van der Waals surface area contributed by atoms with E-state index in [1.165, 1.54) is 24.1 Å². The molecule has 3 heteroatoms. The lowest BCUT2D eigenvalue weighted by Gasteiger charge is -2.27. The summed E-state index contributed by atoms with van der Waals surface area (Å²) in [6, 6.07) is 16.1. The Bertz CT molecular complexity index is 612. The van der Waals surface area contributed by atoms with Gasteiger partial charge in [0.05, 0.1) is 6.10 Å². The number of aryl methyl sites for hydroxylation is 1. The lowest BCUT2D eigenvalue weighted by molar-refractivity contribution is 0.183. The normalized spacial score (nSPS) is 16.1. The van der Waals surface area contributed by atoms with Gasteiger partial charge in [0, 0.05) is 24.5 Å². The monoisotopic (exact) mass is 282 g/mol. The zero-order chi connectivity index (χ0) is 14.7. The molecule has 0 bridgehead atoms. The number of nitrogens with two attached hydrogens (primary N) is 1. The van der Waals surface area contributed by atoms with Crippen LogP contribution in [0.25, 0.3) is 0 Å². The molecule has 2 aromatic rings. The van der Waals surface area contributed by atoms with Gasteiger partial charge in [-0.05, 0) is 48.6 Å². The van der Waals surface area contributed by atoms with Crippen LogP contribution in [0.5, 0.6) is 0 Å². The maximum absolute atomic E-state index is 10.5. The van der Waals surface area contributed by atoms with Crippen LogP contribution in [0.15, 0.2) is 48.5 Å². The zero-order valence-electron chi connectivity index (χ0n) is 12.2. The molecule has 0 aromatic heterocycles. The van der Waals surface area contributed by atoms with Crippen LogP contribution in [0.3, 0.4) is 0 Å². The number of β-amino-alcohol motifs (C(OH)–C–C–N with tert-alkyl or cyclic N) is 1. The number of aliphatic hydroxyl groups excluding tert-OH is 1. The Morgan fingerprint density at radius 1 is 1.10 bits per heavy atom. The minimum absolute atomic E-state index is 0.514. The number of fused-ring (bicyclic) bond motifs is 1. The molecular weight excluding hydrogens is 260 g/mol. The van der Waals surface area contributed by atoms with Crippen molar-refractivity contribution in [3.8, 4) is 0 Å². The number of nitrogen functional groups attached to an aromatic ring is 1. The van der Waals surface area contributed by atoms with E-state index in [2.05, 4.69) is 29.2 Å². The van der Waals surface area contributed by atoms with E-state index in [1.54, 1.807) is 0 Å². The van der Waals surface area contributed by atoms with Crippen molar-refractivity contribution in [2.45, 2.75) is 25.4 Å². The second kappa shape index (κ2) is 6.19. The molecule has 1 atom stereocenters. The summed E-state index contributed by atoms with van der Waals surface area (Å²) in [7, 11) is 0. The van der Waals surface area contributed by atoms with E-state index < -0.39 is 6.10 Å². The van der Waals surface area contributed by atoms with Gasteiger partial charge in [0.2, 0.25) is 0 Å². The van der Waals surface area contributed by atoms with E-state index in [1.807, 2.05) is 24.3 Å². The summed E-state index contributed by atoms with van der Waals surface area (Å²) < 4.78 is 0. The van der Waals surface area contributed by atoms with E-state index in [0.717, 1.165) is 18.5 Å². The topological polar surface area (TPSA) is 49.5 Å². The molecule has 0 aliphatic carbocycles. The SMILES string of the molecule is Nc1cccc(C(O)CN2CCCCc3ccccc32)c1. The van der Waals surface area contributed by atoms with Gasteiger partial charge in [-0.25, -0.2) is 0 Å². The molecule has 1 heterocycles. The van der Waals surface area contributed by atoms with Crippen LogP contribution in [0.1, 0.15) is 30.1 Å². The van der Waals surface area contributed by atoms with Crippen molar-refractivity contribution in [1.29, 1.82) is 0 Å². The Morgan fingerprint density at radius 2 is 1.95 bits per heavy atom. The summed E-state index contributed by atoms with van der Waals surface area (Å²) in [5.74, 6) is 0. The van der Waals surface area contributed by atoms with E-state index in [4.69, 9.17) is 5.73 Å². The van der Waals surface area contributed by atoms with E-state index >= 15 is 0 Å². The average molecular weight is 282 g/mol. The number of nitrogens with zero attached hydrogens (tertiary/aromatic N) is 1. The summed E-state index contributed by atoms with van der Waals surface area (Å²) in [4.78, 5) is 2.30. The number of hydrogen-bond donors (Lipinski definition) is 2. The number of anilines is 2. The molecule has 0 saturated heterocycles. The fourth-order valence-corrected chi connectivity index (χ4v) is 3.04. The predicted molar refractivity (Wildman–Crippen MR) is 87.4 cm³/mol. The first-order valence-electron chi connectivity index (χ1n) is 7.60. The van der Waals surface area contributed by atoms with Crippen LogP contribution in [-0.4, -0.2) is 18.2 Å². The Kier molecular flexibility index (Phi) is 4.11. The first-order valence-corrected chi connectivity index (χ1v) is 7.60. The molecule has 110 valence electrons. The molecule has 1 unspecified atom stereocenters. The smallest absolute Gasteiger partial charge is 0.0965 e. The predicted octanol–water partition coefficient (Wildman–Crippen LogP) is 3.15. The first kappa shape index (κ1) is 14.0. The Labute approximate surface area is 126 Å². The van der Waals surface area contributed by atoms with Crippen molar-refractivity contribution >= 4 is 11.4 Å². The molecule has 0 fully saturated rings. The average Bonchev–Trinajstić information content (AvgIpc) is 2.70. The number of hydrogen-bond acceptors (Lipinski definition) is 3. The van der Waals surface area contributed by atoms with Crippen LogP contribution in [0.4, 0.5) is 11.4 Å². The molecule has 3 N–H and O–H groups in total. The van der Waals surface area contributed by atoms with Gasteiger partial charge < -0.3 is 15.7 Å². The molecule has 2 aromatic carbocycles. The van der Waals surface area contributed by atoms with Crippen molar-refractivity contribution in [3.05, 3.63) is 59.7 Å². The van der Waals surface area contributed by atoms with Crippen molar-refractivity contribution in [2.24, 2.45) is 0 Å². The van der Waals surface area contributed by atoms with Gasteiger partial charge in [0.1, 0.15) is 0 Å². The molecule has 3 nitrogen and oxygen atoms in total. The van der Waals surface area contributed by atoms with E-state index in [9.17, 15) is 5.11 Å². The summed E-state index contributed by atoms with van der Waals surface area (Å²) in [5.41, 5.74) is 10.0. The molecule has 3 rings (SSSR count). The Morgan fingerprint density at radius 3 is 2.81 bits per heavy atom. The molecule has 21 heavy (non-hydrogen) atoms. The van der Waals surface area contributed by atoms with Gasteiger partial charge in [-0.3, -0.25) is 0 Å². The highest BCUT2D eigenvalue weighted by Gasteiger charge is 2.18. The number of aliphatic hydroxyl groups is 1. The van der Waals surface area contributed by atoms with Crippen molar-refractivity contribution < 1.29 is 5.11 Å². The highest BCUT2D eigenvalue weighted by atomic mass is 16.3. The van der Waals surface area contributed by atoms with Crippen LogP contribution in [0.2, 0.25) is 0 Å². The van der Waals surface area contributed by atoms with Crippen molar-refractivity contribution in [2.75, 3.05) is 23.7 Å². The van der Waals surface area contributed by atoms with Crippen molar-refractivity contribution in [3.63, 3.8) is 0 Å². The lowest BCUT2D eigenvalue weighted by atomic mass is 10.1. The number of benzene rings is 2. The molecule has 1 aliphatic heterocycles. The number of rotatable bonds is 3. The minimum atomic E-state index is -0.514. The van der Waals surface area contributed by atoms with Crippen LogP contribution in [0, 0.1) is 0 Å². The van der Waals surface area contributed by atoms with Gasteiger partial charge >= 0.3 is 0 Å². The maximum Gasteiger partial charge on any atom is 0.0965 e. The summed E-state index contributed by atoms with van der Waals surface area (Å²) in [6.45, 7) is 1.61. The van der Waals surface area contributed by atoms with Crippen LogP contribution >= 0.6 is 0 Å². The van der Waals surface area contributed by atoms with Gasteiger partial charge in [-0.1, -0.05) is 30.3 Å². The second-order valence-electron chi connectivity index (χ2n) is 5.72. The van der Waals surface area contributed by atoms with Crippen molar-refractivity contribution in [1.82, 2.24) is 0 Å². The third-order valence-corrected chi connectivity index (χ3v) is 4.15. The maximum atomic E-state index is 10.5. The molecule has 0 saturated carbocycles. The quantitative estimate of drug-likeness (QED) is 0.850. The fourth-order valence-electron chi connectivity index (χ4n) is 3.04. The largest absolute Gasteiger partial charge is 0.399 e. The fraction of sp³-hybridized carbons (Fsp3) is 0.333. The standard InChI is InChI=1S/C18H22N2O/c19-16-9-5-8-15(12-16)18(21)13-20-11-4-3-7-14-6-1-2-10-17(14)20/h1-2,5-6,8-10,12,18,21H,3-4,7,11,13,19H2. The molecule has 1 aliphatic rings. The van der Waals surface area contributed by atoms with Crippen LogP contribution in [-0.2, 0) is 6.42 Å². The summed E-state index contributed by atoms with van der Waals surface area (Å²) in [5, 5.41) is 10.5. The van der Waals surface area contributed by atoms with Gasteiger partial charge in [0.15, 0.2) is 0 Å². The van der Waals surface area contributed by atoms with E-state index in [0.29, 0.717) is 12.2 Å². The van der Waals surface area contributed by atoms with Gasteiger partial charge in [-0.15, -0.1) is 0 Å². The molecule has 0 radical (unpaired) electrons. The Balaban J connectivity index is 1.81. The Hall–Kier alpha value is -2.00. The third-order valence-electron chi connectivity index (χ3n) is 4.15. The third kappa shape index (κ3) is 3.19. The zero-order valence-corrected chi connectivity index (χ0v) is 12.2. The van der Waals surface area contributed by atoms with E-state index in [-0.39, 0.29) is 0 Å². The summed E-state index contributed by atoms with van der Waals surface area (Å²) in [6.07, 6.45) is 2.99. The van der Waals surface area contributed by atoms with Crippen LogP contribution < -0.4 is 10.6 Å². The molecular formula is C18H22N2O.